The number of rotatable bonds is 6. The lowest BCUT2D eigenvalue weighted by Crippen LogP contribution is -2.35. The monoisotopic (exact) mass is 262 g/mol. The predicted octanol–water partition coefficient (Wildman–Crippen LogP) is 1.20. The number of nitrogens with two attached hydrogens (primary N) is 1. The number of nitrogens with zero attached hydrogens (tertiary/aromatic N) is 1. The molecule has 1 amide bonds. The minimum Gasteiger partial charge on any atom is -0.376 e. The number of hydrogen-bond acceptors (Lipinski definition) is 3. The van der Waals surface area contributed by atoms with E-state index in [-0.39, 0.29) is 18.6 Å². The molecule has 2 N–H and O–H groups in total. The van der Waals surface area contributed by atoms with Crippen LogP contribution in [-0.4, -0.2) is 43.2 Å². The minimum atomic E-state index is 0.0235. The summed E-state index contributed by atoms with van der Waals surface area (Å²) < 4.78 is 5.81. The highest BCUT2D eigenvalue weighted by atomic mass is 16.5. The van der Waals surface area contributed by atoms with Crippen LogP contribution in [0.15, 0.2) is 30.3 Å². The van der Waals surface area contributed by atoms with Crippen molar-refractivity contribution in [2.24, 2.45) is 5.73 Å². The van der Waals surface area contributed by atoms with E-state index in [0.29, 0.717) is 6.54 Å². The molecule has 1 aliphatic rings. The Morgan fingerprint density at radius 3 is 2.89 bits per heavy atom. The van der Waals surface area contributed by atoms with Crippen molar-refractivity contribution in [3.8, 4) is 0 Å². The summed E-state index contributed by atoms with van der Waals surface area (Å²) in [5, 5.41) is 0. The maximum absolute atomic E-state index is 11.4. The fourth-order valence-corrected chi connectivity index (χ4v) is 2.39. The zero-order chi connectivity index (χ0) is 13.5. The molecule has 0 aromatic heterocycles. The Labute approximate surface area is 114 Å². The summed E-state index contributed by atoms with van der Waals surface area (Å²) in [6.07, 6.45) is 3.17. The molecule has 0 spiro atoms. The van der Waals surface area contributed by atoms with Crippen LogP contribution in [-0.2, 0) is 16.0 Å². The van der Waals surface area contributed by atoms with E-state index in [0.717, 1.165) is 32.4 Å². The molecule has 0 saturated carbocycles. The van der Waals surface area contributed by atoms with E-state index in [1.165, 1.54) is 5.56 Å². The molecule has 1 aromatic carbocycles. The van der Waals surface area contributed by atoms with Crippen molar-refractivity contribution in [3.05, 3.63) is 35.9 Å². The first-order valence-corrected chi connectivity index (χ1v) is 6.93. The van der Waals surface area contributed by atoms with Crippen LogP contribution >= 0.6 is 0 Å². The summed E-state index contributed by atoms with van der Waals surface area (Å²) in [6.45, 7) is 2.33. The third-order valence-electron chi connectivity index (χ3n) is 3.48. The molecule has 1 aliphatic heterocycles. The summed E-state index contributed by atoms with van der Waals surface area (Å²) in [5.74, 6) is 0.0235. The topological polar surface area (TPSA) is 55.6 Å². The number of ether oxygens (including phenoxy) is 1. The minimum absolute atomic E-state index is 0.0235. The number of likely N-dealkylation sites (tertiary alicyclic amines) is 1. The van der Waals surface area contributed by atoms with Crippen LogP contribution in [0.2, 0.25) is 0 Å². The molecule has 0 aliphatic carbocycles. The van der Waals surface area contributed by atoms with Crippen LogP contribution in [0.4, 0.5) is 0 Å². The summed E-state index contributed by atoms with van der Waals surface area (Å²) in [6, 6.07) is 10.4. The second-order valence-electron chi connectivity index (χ2n) is 4.91. The maximum atomic E-state index is 11.4. The molecule has 4 nitrogen and oxygen atoms in total. The van der Waals surface area contributed by atoms with E-state index in [4.69, 9.17) is 10.5 Å². The highest BCUT2D eigenvalue weighted by Crippen LogP contribution is 2.13. The maximum Gasteiger partial charge on any atom is 0.236 e. The first kappa shape index (κ1) is 14.0. The van der Waals surface area contributed by atoms with Crippen LogP contribution in [0.5, 0.6) is 0 Å². The highest BCUT2D eigenvalue weighted by molar-refractivity contribution is 5.78. The van der Waals surface area contributed by atoms with Crippen LogP contribution < -0.4 is 5.73 Å². The Balaban J connectivity index is 1.61. The summed E-state index contributed by atoms with van der Waals surface area (Å²) in [7, 11) is 0. The lowest BCUT2D eigenvalue weighted by Gasteiger charge is -2.15. The number of carbonyl (C=O) groups is 1. The zero-order valence-electron chi connectivity index (χ0n) is 11.3. The molecule has 0 bridgehead atoms. The lowest BCUT2D eigenvalue weighted by molar-refractivity contribution is -0.129. The van der Waals surface area contributed by atoms with Gasteiger partial charge in [-0.05, 0) is 24.8 Å². The molecule has 1 atom stereocenters. The zero-order valence-corrected chi connectivity index (χ0v) is 11.3. The van der Waals surface area contributed by atoms with Gasteiger partial charge in [0.05, 0.1) is 12.6 Å². The normalized spacial score (nSPS) is 18.8. The highest BCUT2D eigenvalue weighted by Gasteiger charge is 2.25. The van der Waals surface area contributed by atoms with Crippen molar-refractivity contribution in [1.82, 2.24) is 4.90 Å². The summed E-state index contributed by atoms with van der Waals surface area (Å²) in [5.41, 5.74) is 6.70. The molecule has 1 aromatic rings. The fraction of sp³-hybridized carbons (Fsp3) is 0.533. The van der Waals surface area contributed by atoms with Gasteiger partial charge < -0.3 is 15.4 Å². The van der Waals surface area contributed by atoms with Crippen molar-refractivity contribution in [1.29, 1.82) is 0 Å². The molecule has 19 heavy (non-hydrogen) atoms. The van der Waals surface area contributed by atoms with Gasteiger partial charge in [0, 0.05) is 19.7 Å². The van der Waals surface area contributed by atoms with Gasteiger partial charge in [-0.2, -0.15) is 0 Å². The second kappa shape index (κ2) is 7.26. The Morgan fingerprint density at radius 2 is 2.16 bits per heavy atom. The van der Waals surface area contributed by atoms with Gasteiger partial charge in [0.15, 0.2) is 0 Å². The van der Waals surface area contributed by atoms with E-state index < -0.39 is 0 Å². The van der Waals surface area contributed by atoms with Crippen molar-refractivity contribution in [3.63, 3.8) is 0 Å². The van der Waals surface area contributed by atoms with Crippen LogP contribution in [0, 0.1) is 0 Å². The molecule has 1 fully saturated rings. The summed E-state index contributed by atoms with van der Waals surface area (Å²) in [4.78, 5) is 13.2. The van der Waals surface area contributed by atoms with Gasteiger partial charge in [-0.25, -0.2) is 0 Å². The number of hydrogen-bond donors (Lipinski definition) is 1. The Bertz CT molecular complexity index is 394. The largest absolute Gasteiger partial charge is 0.376 e. The van der Waals surface area contributed by atoms with Crippen LogP contribution in [0.1, 0.15) is 18.4 Å². The van der Waals surface area contributed by atoms with E-state index in [9.17, 15) is 4.79 Å². The third-order valence-corrected chi connectivity index (χ3v) is 3.48. The molecule has 2 rings (SSSR count). The van der Waals surface area contributed by atoms with Crippen LogP contribution in [0.3, 0.4) is 0 Å². The van der Waals surface area contributed by atoms with Crippen molar-refractivity contribution in [2.45, 2.75) is 25.4 Å². The average molecular weight is 262 g/mol. The number of aryl methyl sites for hydroxylation is 1. The SMILES string of the molecule is NCC(=O)N1CCC(OCCCc2ccccc2)C1. The van der Waals surface area contributed by atoms with Crippen molar-refractivity contribution < 1.29 is 9.53 Å². The molecule has 1 saturated heterocycles. The number of carbonyl (C=O) groups excluding carboxylic acids is 1. The average Bonchev–Trinajstić information content (AvgIpc) is 2.93. The Kier molecular flexibility index (Phi) is 5.36. The Hall–Kier alpha value is -1.39. The van der Waals surface area contributed by atoms with Gasteiger partial charge in [0.25, 0.3) is 0 Å². The van der Waals surface area contributed by atoms with E-state index >= 15 is 0 Å². The quantitative estimate of drug-likeness (QED) is 0.784. The van der Waals surface area contributed by atoms with Gasteiger partial charge >= 0.3 is 0 Å². The van der Waals surface area contributed by atoms with Gasteiger partial charge in [0.1, 0.15) is 0 Å². The Morgan fingerprint density at radius 1 is 1.37 bits per heavy atom. The molecular formula is C15H22N2O2. The van der Waals surface area contributed by atoms with Crippen molar-refractivity contribution >= 4 is 5.91 Å². The van der Waals surface area contributed by atoms with E-state index in [1.54, 1.807) is 4.90 Å². The summed E-state index contributed by atoms with van der Waals surface area (Å²) >= 11 is 0. The molecular weight excluding hydrogens is 240 g/mol. The van der Waals surface area contributed by atoms with Gasteiger partial charge in [0.2, 0.25) is 5.91 Å². The first-order valence-electron chi connectivity index (χ1n) is 6.93. The van der Waals surface area contributed by atoms with E-state index in [2.05, 4.69) is 24.3 Å². The standard InChI is InChI=1S/C15H22N2O2/c16-11-15(18)17-9-8-14(12-17)19-10-4-7-13-5-2-1-3-6-13/h1-3,5-6,14H,4,7-12,16H2. The molecule has 1 heterocycles. The predicted molar refractivity (Wildman–Crippen MR) is 74.8 cm³/mol. The van der Waals surface area contributed by atoms with E-state index in [1.807, 2.05) is 6.07 Å². The van der Waals surface area contributed by atoms with Crippen molar-refractivity contribution in [2.75, 3.05) is 26.2 Å². The molecule has 0 radical (unpaired) electrons. The smallest absolute Gasteiger partial charge is 0.236 e. The third kappa shape index (κ3) is 4.33. The van der Waals surface area contributed by atoms with Gasteiger partial charge in [-0.3, -0.25) is 4.79 Å². The van der Waals surface area contributed by atoms with Crippen LogP contribution in [0.25, 0.3) is 0 Å². The first-order chi connectivity index (χ1) is 9.29. The number of amides is 1. The lowest BCUT2D eigenvalue weighted by atomic mass is 10.1. The number of benzene rings is 1. The van der Waals surface area contributed by atoms with Gasteiger partial charge in [-0.15, -0.1) is 0 Å². The second-order valence-corrected chi connectivity index (χ2v) is 4.91. The van der Waals surface area contributed by atoms with Gasteiger partial charge in [-0.1, -0.05) is 30.3 Å². The fourth-order valence-electron chi connectivity index (χ4n) is 2.39. The molecule has 4 heteroatoms. The molecule has 1 unspecified atom stereocenters. The molecule has 104 valence electrons.